The number of hydrogen-bond donors (Lipinski definition) is 3. The number of amides is 2. The Kier molecular flexibility index (Phi) is 12.1. The third-order valence-electron chi connectivity index (χ3n) is 9.19. The predicted octanol–water partition coefficient (Wildman–Crippen LogP) is 9.01. The number of carbonyl (C=O) groups is 2. The molecule has 1 fully saturated rings. The number of halogens is 9. The fraction of sp³-hybridized carbons (Fsp3) is 0.361. The lowest BCUT2D eigenvalue weighted by Crippen LogP contribution is -2.49. The largest absolute Gasteiger partial charge is 0.447 e. The Morgan fingerprint density at radius 2 is 1.62 bits per heavy atom. The molecule has 1 atom stereocenters. The molecule has 55 heavy (non-hydrogen) atoms. The molecule has 3 N–H and O–H groups in total. The number of carbonyl (C=O) groups excluding carboxylic acids is 2. The van der Waals surface area contributed by atoms with Crippen LogP contribution in [0.25, 0.3) is 22.5 Å². The molecule has 5 rings (SSSR count). The zero-order chi connectivity index (χ0) is 40.3. The Labute approximate surface area is 314 Å². The molecule has 1 saturated carbocycles. The number of aromatic nitrogens is 3. The van der Waals surface area contributed by atoms with E-state index in [0.717, 1.165) is 25.1 Å². The summed E-state index contributed by atoms with van der Waals surface area (Å²) < 4.78 is 115. The van der Waals surface area contributed by atoms with Crippen molar-refractivity contribution in [3.63, 3.8) is 0 Å². The van der Waals surface area contributed by atoms with Gasteiger partial charge in [-0.15, -0.1) is 0 Å². The van der Waals surface area contributed by atoms with Crippen LogP contribution in [0.2, 0.25) is 5.02 Å². The second kappa shape index (κ2) is 16.2. The molecule has 2 amide bonds. The van der Waals surface area contributed by atoms with Gasteiger partial charge in [-0.25, -0.2) is 22.9 Å². The molecule has 0 saturated heterocycles. The van der Waals surface area contributed by atoms with Crippen molar-refractivity contribution in [2.24, 2.45) is 5.41 Å². The van der Waals surface area contributed by atoms with Crippen LogP contribution >= 0.6 is 11.6 Å². The fourth-order valence-corrected chi connectivity index (χ4v) is 5.66. The van der Waals surface area contributed by atoms with Gasteiger partial charge in [-0.3, -0.25) is 15.1 Å². The second-order valence-corrected chi connectivity index (χ2v) is 13.8. The average Bonchev–Trinajstić information content (AvgIpc) is 3.74. The Morgan fingerprint density at radius 3 is 2.18 bits per heavy atom. The average molecular weight is 800 g/mol. The van der Waals surface area contributed by atoms with Crippen molar-refractivity contribution in [2.45, 2.75) is 63.8 Å². The quantitative estimate of drug-likeness (QED) is 0.0705. The SMILES string of the molecule is CC(C)(CCNC(=N)N(C(=O)c1ccc(-c2ccc(F)cc2)cc1)[C@H](COC(=O)NC1(C(F)F)CC1)c1ccc(Cl)c(-c2ncnn2C(F)F)c1)C(F)(F)F. The Hall–Kier alpha value is -5.26. The minimum atomic E-state index is -4.61. The van der Waals surface area contributed by atoms with Crippen LogP contribution in [0.1, 0.15) is 61.6 Å². The predicted molar refractivity (Wildman–Crippen MR) is 185 cm³/mol. The van der Waals surface area contributed by atoms with E-state index in [0.29, 0.717) is 11.1 Å². The lowest BCUT2D eigenvalue weighted by molar-refractivity contribution is -0.213. The van der Waals surface area contributed by atoms with Crippen LogP contribution in [-0.4, -0.2) is 68.9 Å². The maximum absolute atomic E-state index is 14.4. The van der Waals surface area contributed by atoms with Crippen LogP contribution in [0.5, 0.6) is 0 Å². The smallest absolute Gasteiger partial charge is 0.407 e. The first-order valence-electron chi connectivity index (χ1n) is 16.6. The van der Waals surface area contributed by atoms with Crippen molar-refractivity contribution in [3.8, 4) is 22.5 Å². The Balaban J connectivity index is 1.56. The van der Waals surface area contributed by atoms with Crippen LogP contribution in [0, 0.1) is 16.6 Å². The number of ether oxygens (including phenoxy) is 1. The van der Waals surface area contributed by atoms with E-state index in [9.17, 15) is 44.7 Å². The van der Waals surface area contributed by atoms with Crippen LogP contribution in [0.15, 0.2) is 73.1 Å². The maximum Gasteiger partial charge on any atom is 0.407 e. The van der Waals surface area contributed by atoms with Gasteiger partial charge < -0.3 is 15.4 Å². The topological polar surface area (TPSA) is 125 Å². The summed E-state index contributed by atoms with van der Waals surface area (Å²) in [5, 5.41) is 17.0. The highest BCUT2D eigenvalue weighted by Gasteiger charge is 2.53. The fourth-order valence-electron chi connectivity index (χ4n) is 5.46. The monoisotopic (exact) mass is 799 g/mol. The van der Waals surface area contributed by atoms with E-state index >= 15 is 0 Å². The molecule has 1 aromatic heterocycles. The van der Waals surface area contributed by atoms with Gasteiger partial charge in [0.2, 0.25) is 0 Å². The molecule has 1 aliphatic carbocycles. The van der Waals surface area contributed by atoms with Gasteiger partial charge in [0.15, 0.2) is 11.8 Å². The summed E-state index contributed by atoms with van der Waals surface area (Å²) in [6, 6.07) is 13.5. The van der Waals surface area contributed by atoms with Gasteiger partial charge in [0.1, 0.15) is 24.3 Å². The third kappa shape index (κ3) is 9.35. The molecule has 19 heteroatoms. The summed E-state index contributed by atoms with van der Waals surface area (Å²) >= 11 is 6.39. The first kappa shape index (κ1) is 40.9. The Morgan fingerprint density at radius 1 is 1.00 bits per heavy atom. The minimum absolute atomic E-state index is 0.00413. The highest BCUT2D eigenvalue weighted by molar-refractivity contribution is 6.33. The normalized spacial score (nSPS) is 14.4. The van der Waals surface area contributed by atoms with Crippen LogP contribution in [0.4, 0.5) is 39.9 Å². The number of nitrogens with zero attached hydrogens (tertiary/aromatic N) is 4. The van der Waals surface area contributed by atoms with Gasteiger partial charge >= 0.3 is 18.8 Å². The second-order valence-electron chi connectivity index (χ2n) is 13.4. The van der Waals surface area contributed by atoms with E-state index < -0.39 is 85.3 Å². The van der Waals surface area contributed by atoms with Gasteiger partial charge in [0, 0.05) is 17.7 Å². The lowest BCUT2D eigenvalue weighted by Gasteiger charge is -2.34. The van der Waals surface area contributed by atoms with E-state index in [1.165, 1.54) is 66.7 Å². The molecular formula is C36H34ClF8N7O3. The molecule has 0 spiro atoms. The van der Waals surface area contributed by atoms with E-state index in [1.807, 2.05) is 0 Å². The van der Waals surface area contributed by atoms with E-state index in [1.54, 1.807) is 0 Å². The lowest BCUT2D eigenvalue weighted by atomic mass is 9.88. The van der Waals surface area contributed by atoms with Crippen LogP contribution in [0.3, 0.4) is 0 Å². The number of guanidine groups is 1. The van der Waals surface area contributed by atoms with Crippen molar-refractivity contribution in [3.05, 3.63) is 95.0 Å². The van der Waals surface area contributed by atoms with Gasteiger partial charge in [-0.1, -0.05) is 55.8 Å². The molecule has 0 unspecified atom stereocenters. The van der Waals surface area contributed by atoms with Gasteiger partial charge in [-0.2, -0.15) is 31.7 Å². The molecule has 1 aliphatic rings. The molecule has 0 aliphatic heterocycles. The highest BCUT2D eigenvalue weighted by atomic mass is 35.5. The highest BCUT2D eigenvalue weighted by Crippen LogP contribution is 2.42. The zero-order valence-corrected chi connectivity index (χ0v) is 29.9. The number of hydrogen-bond acceptors (Lipinski definition) is 6. The number of alkyl carbamates (subject to hydrolysis) is 1. The van der Waals surface area contributed by atoms with Crippen LogP contribution < -0.4 is 10.6 Å². The first-order chi connectivity index (χ1) is 25.8. The van der Waals surface area contributed by atoms with Gasteiger partial charge in [-0.05, 0) is 72.4 Å². The summed E-state index contributed by atoms with van der Waals surface area (Å²) in [6.07, 6.45) is -8.59. The summed E-state index contributed by atoms with van der Waals surface area (Å²) in [7, 11) is 0. The summed E-state index contributed by atoms with van der Waals surface area (Å²) in [5.41, 5.74) is -3.04. The van der Waals surface area contributed by atoms with Gasteiger partial charge in [0.25, 0.3) is 12.3 Å². The number of rotatable bonds is 13. The third-order valence-corrected chi connectivity index (χ3v) is 9.52. The summed E-state index contributed by atoms with van der Waals surface area (Å²) in [5.74, 6) is -2.56. The van der Waals surface area contributed by atoms with Crippen molar-refractivity contribution in [1.82, 2.24) is 30.3 Å². The molecular weight excluding hydrogens is 766 g/mol. The molecule has 294 valence electrons. The summed E-state index contributed by atoms with van der Waals surface area (Å²) in [6.45, 7) is -2.53. The molecule has 0 bridgehead atoms. The number of alkyl halides is 7. The van der Waals surface area contributed by atoms with E-state index in [-0.39, 0.29) is 39.2 Å². The number of nitrogens with one attached hydrogen (secondary N) is 3. The Bertz CT molecular complexity index is 2000. The van der Waals surface area contributed by atoms with Gasteiger partial charge in [0.05, 0.1) is 16.5 Å². The van der Waals surface area contributed by atoms with E-state index in [2.05, 4.69) is 20.7 Å². The zero-order valence-electron chi connectivity index (χ0n) is 29.1. The molecule has 10 nitrogen and oxygen atoms in total. The number of benzene rings is 3. The first-order valence-corrected chi connectivity index (χ1v) is 17.0. The molecule has 0 radical (unpaired) electrons. The van der Waals surface area contributed by atoms with Crippen molar-refractivity contribution in [2.75, 3.05) is 13.2 Å². The molecule has 1 heterocycles. The van der Waals surface area contributed by atoms with Crippen molar-refractivity contribution < 1.29 is 49.4 Å². The molecule has 3 aromatic carbocycles. The summed E-state index contributed by atoms with van der Waals surface area (Å²) in [4.78, 5) is 31.9. The minimum Gasteiger partial charge on any atom is -0.447 e. The van der Waals surface area contributed by atoms with Crippen molar-refractivity contribution in [1.29, 1.82) is 5.41 Å². The maximum atomic E-state index is 14.4. The standard InChI is InChI=1S/C36H34ClF8N7O3/c1-34(2,36(43,44)45)15-16-47-32(46)51(29(53)22-5-3-20(4-6-22)21-7-10-24(38)11-8-21)27(18-55-33(54)50-35(13-14-35)30(39)40)23-9-12-26(37)25(17-23)28-48-19-49-52(28)31(41)42/h3-12,17,19,27,30-31H,13-16,18H2,1-2H3,(H2,46,47)(H,50,54)/t27-/m1/s1. The van der Waals surface area contributed by atoms with E-state index in [4.69, 9.17) is 21.7 Å². The molecule has 4 aromatic rings. The van der Waals surface area contributed by atoms with Crippen molar-refractivity contribution >= 4 is 29.6 Å². The van der Waals surface area contributed by atoms with Crippen LogP contribution in [-0.2, 0) is 4.74 Å².